The Bertz CT molecular complexity index is 946. The molecular formula is C23H26NO8P. The summed E-state index contributed by atoms with van der Waals surface area (Å²) in [6, 6.07) is 14.3. The van der Waals surface area contributed by atoms with Crippen LogP contribution < -0.4 is 5.32 Å². The standard InChI is InChI=1S/C23H26NO8P/c1-3-30-23(33-28,31-4-2)32-14-20(21(25)26)24-22(27)29-13-19-17-11-7-5-9-15(17)16-10-6-8-12-18(16)19/h5-12,19-20H,3-4,13-14H2,1-2H3,(H,24,27)(H,25,26). The van der Waals surface area contributed by atoms with Gasteiger partial charge in [-0.05, 0) is 36.1 Å². The molecule has 0 spiro atoms. The SMILES string of the molecule is CCOC(OCC)(OCC(NC(=O)OCC1c2ccccc2-c2ccccc21)C(=O)O)P=O. The first kappa shape index (κ1) is 24.8. The molecule has 0 saturated carbocycles. The number of fused-ring (bicyclic) bond motifs is 3. The van der Waals surface area contributed by atoms with E-state index in [1.54, 1.807) is 13.8 Å². The second-order valence-corrected chi connectivity index (χ2v) is 7.88. The van der Waals surface area contributed by atoms with Gasteiger partial charge >= 0.3 is 17.8 Å². The summed E-state index contributed by atoms with van der Waals surface area (Å²) in [6.07, 6.45) is -0.911. The zero-order valence-electron chi connectivity index (χ0n) is 18.4. The van der Waals surface area contributed by atoms with Crippen LogP contribution in [0, 0.1) is 0 Å². The zero-order chi connectivity index (χ0) is 23.8. The second kappa shape index (κ2) is 11.3. The summed E-state index contributed by atoms with van der Waals surface area (Å²) in [6.45, 7) is 3.01. The van der Waals surface area contributed by atoms with E-state index in [1.165, 1.54) is 0 Å². The lowest BCUT2D eigenvalue weighted by Crippen LogP contribution is -2.47. The van der Waals surface area contributed by atoms with Gasteiger partial charge in [0.15, 0.2) is 6.04 Å². The van der Waals surface area contributed by atoms with Crippen LogP contribution in [0.2, 0.25) is 0 Å². The number of rotatable bonds is 12. The van der Waals surface area contributed by atoms with Gasteiger partial charge in [0.2, 0.25) is 0 Å². The Labute approximate surface area is 193 Å². The molecule has 0 bridgehead atoms. The molecular weight excluding hydrogens is 449 g/mol. The minimum absolute atomic E-state index is 0.0358. The summed E-state index contributed by atoms with van der Waals surface area (Å²) in [4.78, 5) is 24.0. The van der Waals surface area contributed by atoms with E-state index < -0.39 is 38.9 Å². The third-order valence-corrected chi connectivity index (χ3v) is 5.74. The second-order valence-electron chi connectivity index (χ2n) is 7.15. The smallest absolute Gasteiger partial charge is 0.407 e. The number of hydrogen-bond donors (Lipinski definition) is 2. The molecule has 0 fully saturated rings. The number of nitrogens with one attached hydrogen (secondary N) is 1. The van der Waals surface area contributed by atoms with Crippen LogP contribution in [-0.4, -0.2) is 55.4 Å². The summed E-state index contributed by atoms with van der Waals surface area (Å²) in [7, 11) is -0.631. The highest BCUT2D eigenvalue weighted by Gasteiger charge is 2.37. The van der Waals surface area contributed by atoms with Crippen molar-refractivity contribution in [3.8, 4) is 11.1 Å². The fraction of sp³-hybridized carbons (Fsp3) is 0.391. The molecule has 0 aromatic heterocycles. The number of alkyl carbamates (subject to hydrolysis) is 1. The third-order valence-electron chi connectivity index (χ3n) is 5.13. The van der Waals surface area contributed by atoms with Crippen LogP contribution in [0.3, 0.4) is 0 Å². The van der Waals surface area contributed by atoms with E-state index in [-0.39, 0.29) is 25.7 Å². The maximum absolute atomic E-state index is 12.4. The monoisotopic (exact) mass is 475 g/mol. The largest absolute Gasteiger partial charge is 0.480 e. The Kier molecular flexibility index (Phi) is 8.52. The first-order valence-electron chi connectivity index (χ1n) is 10.5. The van der Waals surface area contributed by atoms with Crippen molar-refractivity contribution in [1.82, 2.24) is 5.32 Å². The summed E-state index contributed by atoms with van der Waals surface area (Å²) in [5, 5.41) is 11.7. The summed E-state index contributed by atoms with van der Waals surface area (Å²) in [5.41, 5.74) is 2.30. The molecule has 2 aromatic carbocycles. The molecule has 0 heterocycles. The Balaban J connectivity index is 1.63. The van der Waals surface area contributed by atoms with Crippen LogP contribution in [0.15, 0.2) is 48.5 Å². The van der Waals surface area contributed by atoms with E-state index >= 15 is 0 Å². The van der Waals surface area contributed by atoms with Gasteiger partial charge < -0.3 is 29.4 Å². The maximum Gasteiger partial charge on any atom is 0.407 e. The molecule has 1 aliphatic rings. The number of carboxylic acid groups (broad SMARTS) is 1. The highest BCUT2D eigenvalue weighted by molar-refractivity contribution is 7.25. The van der Waals surface area contributed by atoms with Gasteiger partial charge in [-0.2, -0.15) is 0 Å². The molecule has 10 heteroatoms. The summed E-state index contributed by atoms with van der Waals surface area (Å²) in [5.74, 6) is -1.52. The molecule has 2 N–H and O–H groups in total. The molecule has 1 atom stereocenters. The van der Waals surface area contributed by atoms with Crippen molar-refractivity contribution in [2.24, 2.45) is 0 Å². The lowest BCUT2D eigenvalue weighted by molar-refractivity contribution is -0.319. The van der Waals surface area contributed by atoms with Gasteiger partial charge in [0.1, 0.15) is 6.61 Å². The van der Waals surface area contributed by atoms with Crippen molar-refractivity contribution in [3.63, 3.8) is 0 Å². The van der Waals surface area contributed by atoms with Crippen LogP contribution in [-0.2, 0) is 28.3 Å². The first-order chi connectivity index (χ1) is 15.9. The van der Waals surface area contributed by atoms with Gasteiger partial charge in [0, 0.05) is 5.92 Å². The van der Waals surface area contributed by atoms with Crippen LogP contribution >= 0.6 is 8.46 Å². The molecule has 9 nitrogen and oxygen atoms in total. The van der Waals surface area contributed by atoms with Crippen molar-refractivity contribution < 1.29 is 38.2 Å². The Morgan fingerprint density at radius 1 is 1.00 bits per heavy atom. The van der Waals surface area contributed by atoms with Gasteiger partial charge in [0.25, 0.3) is 8.46 Å². The van der Waals surface area contributed by atoms with E-state index in [4.69, 9.17) is 18.9 Å². The average molecular weight is 475 g/mol. The van der Waals surface area contributed by atoms with Gasteiger partial charge in [-0.1, -0.05) is 48.5 Å². The average Bonchev–Trinajstić information content (AvgIpc) is 3.14. The van der Waals surface area contributed by atoms with E-state index in [0.29, 0.717) is 0 Å². The van der Waals surface area contributed by atoms with Gasteiger partial charge in [-0.3, -0.25) is 4.57 Å². The summed E-state index contributed by atoms with van der Waals surface area (Å²) < 4.78 is 32.7. The molecule has 0 aliphatic heterocycles. The Morgan fingerprint density at radius 2 is 1.55 bits per heavy atom. The third kappa shape index (κ3) is 5.75. The van der Waals surface area contributed by atoms with Crippen molar-refractivity contribution in [2.75, 3.05) is 26.4 Å². The lowest BCUT2D eigenvalue weighted by atomic mass is 9.98. The Hall–Kier alpha value is -2.84. The predicted molar refractivity (Wildman–Crippen MR) is 119 cm³/mol. The minimum atomic E-state index is -1.94. The molecule has 3 rings (SSSR count). The maximum atomic E-state index is 12.4. The number of carbonyl (C=O) groups is 2. The van der Waals surface area contributed by atoms with Gasteiger partial charge in [-0.15, -0.1) is 0 Å². The van der Waals surface area contributed by atoms with Crippen LogP contribution in [0.5, 0.6) is 0 Å². The number of aliphatic carboxylic acids is 1. The fourth-order valence-corrected chi connectivity index (χ4v) is 4.21. The van der Waals surface area contributed by atoms with Crippen molar-refractivity contribution in [1.29, 1.82) is 0 Å². The van der Waals surface area contributed by atoms with Crippen LogP contribution in [0.1, 0.15) is 30.9 Å². The molecule has 33 heavy (non-hydrogen) atoms. The first-order valence-corrected chi connectivity index (χ1v) is 11.4. The van der Waals surface area contributed by atoms with Crippen molar-refractivity contribution in [3.05, 3.63) is 59.7 Å². The van der Waals surface area contributed by atoms with Crippen molar-refractivity contribution in [2.45, 2.75) is 31.5 Å². The topological polar surface area (TPSA) is 120 Å². The van der Waals surface area contributed by atoms with Crippen LogP contribution in [0.4, 0.5) is 4.79 Å². The van der Waals surface area contributed by atoms with E-state index in [0.717, 1.165) is 22.3 Å². The molecule has 1 amide bonds. The number of hydrogen-bond acceptors (Lipinski definition) is 7. The Morgan fingerprint density at radius 3 is 2.03 bits per heavy atom. The number of carboxylic acids is 1. The number of carbonyl (C=O) groups excluding carboxylic acids is 1. The predicted octanol–water partition coefficient (Wildman–Crippen LogP) is 3.97. The quantitative estimate of drug-likeness (QED) is 0.350. The van der Waals surface area contributed by atoms with Crippen LogP contribution in [0.25, 0.3) is 11.1 Å². The van der Waals surface area contributed by atoms with Crippen molar-refractivity contribution >= 4 is 20.5 Å². The molecule has 1 aliphatic carbocycles. The summed E-state index contributed by atoms with van der Waals surface area (Å²) >= 11 is 0. The highest BCUT2D eigenvalue weighted by atomic mass is 31.1. The normalized spacial score (nSPS) is 13.9. The number of ether oxygens (including phenoxy) is 4. The number of benzene rings is 2. The van der Waals surface area contributed by atoms with Gasteiger partial charge in [0.05, 0.1) is 19.8 Å². The fourth-order valence-electron chi connectivity index (χ4n) is 3.71. The number of amides is 1. The van der Waals surface area contributed by atoms with Gasteiger partial charge in [-0.25, -0.2) is 9.59 Å². The molecule has 0 radical (unpaired) electrons. The van der Waals surface area contributed by atoms with E-state index in [2.05, 4.69) is 5.32 Å². The molecule has 1 unspecified atom stereocenters. The molecule has 176 valence electrons. The molecule has 0 saturated heterocycles. The minimum Gasteiger partial charge on any atom is -0.480 e. The highest BCUT2D eigenvalue weighted by Crippen LogP contribution is 2.44. The molecule has 2 aromatic rings. The van der Waals surface area contributed by atoms with E-state index in [1.807, 2.05) is 48.5 Å². The zero-order valence-corrected chi connectivity index (χ0v) is 19.2. The lowest BCUT2D eigenvalue weighted by Gasteiger charge is -2.27. The van der Waals surface area contributed by atoms with E-state index in [9.17, 15) is 19.3 Å².